The van der Waals surface area contributed by atoms with E-state index in [9.17, 15) is 4.79 Å². The van der Waals surface area contributed by atoms with Crippen LogP contribution in [0.1, 0.15) is 12.0 Å². The molecular formula is C16H17ClN2OS. The number of nitrogens with one attached hydrogen (secondary N) is 1. The van der Waals surface area contributed by atoms with E-state index in [-0.39, 0.29) is 5.91 Å². The van der Waals surface area contributed by atoms with Crippen molar-refractivity contribution >= 4 is 40.6 Å². The van der Waals surface area contributed by atoms with Gasteiger partial charge in [0, 0.05) is 22.9 Å². The van der Waals surface area contributed by atoms with Crippen LogP contribution in [0.3, 0.4) is 0 Å². The summed E-state index contributed by atoms with van der Waals surface area (Å²) in [5.41, 5.74) is 8.24. The average Bonchev–Trinajstić information content (AvgIpc) is 2.48. The van der Waals surface area contributed by atoms with Crippen LogP contribution in [0, 0.1) is 0 Å². The zero-order valence-corrected chi connectivity index (χ0v) is 13.1. The van der Waals surface area contributed by atoms with Gasteiger partial charge < -0.3 is 11.1 Å². The Kier molecular flexibility index (Phi) is 5.96. The molecule has 5 heteroatoms. The lowest BCUT2D eigenvalue weighted by Gasteiger charge is -2.07. The van der Waals surface area contributed by atoms with E-state index in [1.54, 1.807) is 23.9 Å². The molecule has 2 rings (SSSR count). The minimum absolute atomic E-state index is 0.0171. The zero-order valence-electron chi connectivity index (χ0n) is 11.5. The van der Waals surface area contributed by atoms with Crippen LogP contribution in [-0.4, -0.2) is 11.7 Å². The lowest BCUT2D eigenvalue weighted by Crippen LogP contribution is -2.13. The van der Waals surface area contributed by atoms with Crippen LogP contribution >= 0.6 is 23.4 Å². The van der Waals surface area contributed by atoms with Crippen molar-refractivity contribution in [2.75, 3.05) is 16.8 Å². The molecule has 0 aromatic heterocycles. The first-order chi connectivity index (χ1) is 10.1. The average molecular weight is 321 g/mol. The van der Waals surface area contributed by atoms with Crippen LogP contribution in [0.25, 0.3) is 0 Å². The Bertz CT molecular complexity index is 601. The number of rotatable bonds is 6. The van der Waals surface area contributed by atoms with Crippen molar-refractivity contribution in [2.24, 2.45) is 0 Å². The summed E-state index contributed by atoms with van der Waals surface area (Å²) in [6.45, 7) is 0. The minimum Gasteiger partial charge on any atom is -0.397 e. The molecule has 0 spiro atoms. The predicted octanol–water partition coefficient (Wildman–Crippen LogP) is 4.18. The number of para-hydroxylation sites is 2. The smallest absolute Gasteiger partial charge is 0.225 e. The highest BCUT2D eigenvalue weighted by Crippen LogP contribution is 2.18. The number of hydrogen-bond donors (Lipinski definition) is 2. The summed E-state index contributed by atoms with van der Waals surface area (Å²) in [4.78, 5) is 11.8. The number of carbonyl (C=O) groups excluding carboxylic acids is 1. The molecule has 0 atom stereocenters. The second-order valence-electron chi connectivity index (χ2n) is 4.56. The van der Waals surface area contributed by atoms with E-state index in [2.05, 4.69) is 5.32 Å². The number of benzene rings is 2. The molecule has 3 nitrogen and oxygen atoms in total. The summed E-state index contributed by atoms with van der Waals surface area (Å²) in [5.74, 6) is 1.62. The summed E-state index contributed by atoms with van der Waals surface area (Å²) in [6.07, 6.45) is 0.465. The van der Waals surface area contributed by atoms with Crippen LogP contribution in [0.15, 0.2) is 48.5 Å². The number of nitrogen functional groups attached to an aromatic ring is 1. The summed E-state index contributed by atoms with van der Waals surface area (Å²) < 4.78 is 0. The molecule has 0 aliphatic carbocycles. The molecule has 0 radical (unpaired) electrons. The number of hydrogen-bond acceptors (Lipinski definition) is 3. The monoisotopic (exact) mass is 320 g/mol. The van der Waals surface area contributed by atoms with Gasteiger partial charge in [0.2, 0.25) is 5.91 Å². The van der Waals surface area contributed by atoms with Crippen molar-refractivity contribution in [2.45, 2.75) is 12.2 Å². The van der Waals surface area contributed by atoms with Gasteiger partial charge in [-0.05, 0) is 29.8 Å². The highest BCUT2D eigenvalue weighted by atomic mass is 35.5. The third-order valence-corrected chi connectivity index (χ3v) is 4.17. The summed E-state index contributed by atoms with van der Waals surface area (Å²) >= 11 is 7.55. The number of nitrogens with two attached hydrogens (primary N) is 1. The summed E-state index contributed by atoms with van der Waals surface area (Å²) in [7, 11) is 0. The topological polar surface area (TPSA) is 55.1 Å². The molecule has 21 heavy (non-hydrogen) atoms. The SMILES string of the molecule is Nc1ccccc1NC(=O)CCSCc1ccc(Cl)cc1. The van der Waals surface area contributed by atoms with Crippen molar-refractivity contribution in [1.82, 2.24) is 0 Å². The Morgan fingerprint density at radius 1 is 1.14 bits per heavy atom. The summed E-state index contributed by atoms with van der Waals surface area (Å²) in [6, 6.07) is 15.0. The van der Waals surface area contributed by atoms with Crippen LogP contribution in [0.4, 0.5) is 11.4 Å². The Labute approximate surface area is 133 Å². The maximum Gasteiger partial charge on any atom is 0.225 e. The van der Waals surface area contributed by atoms with Gasteiger partial charge in [-0.15, -0.1) is 0 Å². The van der Waals surface area contributed by atoms with E-state index >= 15 is 0 Å². The number of amides is 1. The molecule has 0 bridgehead atoms. The molecule has 3 N–H and O–H groups in total. The van der Waals surface area contributed by atoms with Crippen molar-refractivity contribution in [3.8, 4) is 0 Å². The third kappa shape index (κ3) is 5.33. The van der Waals surface area contributed by atoms with Crippen LogP contribution in [0.2, 0.25) is 5.02 Å². The lowest BCUT2D eigenvalue weighted by atomic mass is 10.2. The quantitative estimate of drug-likeness (QED) is 0.620. The van der Waals surface area contributed by atoms with Gasteiger partial charge in [0.15, 0.2) is 0 Å². The first-order valence-electron chi connectivity index (χ1n) is 6.61. The molecule has 2 aromatic carbocycles. The Hall–Kier alpha value is -1.65. The molecule has 0 saturated heterocycles. The molecule has 110 valence electrons. The van der Waals surface area contributed by atoms with Gasteiger partial charge in [-0.1, -0.05) is 35.9 Å². The van der Waals surface area contributed by atoms with Crippen molar-refractivity contribution in [3.05, 3.63) is 59.1 Å². The van der Waals surface area contributed by atoms with E-state index in [4.69, 9.17) is 17.3 Å². The lowest BCUT2D eigenvalue weighted by molar-refractivity contribution is -0.115. The van der Waals surface area contributed by atoms with Gasteiger partial charge in [-0.25, -0.2) is 0 Å². The van der Waals surface area contributed by atoms with E-state index in [1.807, 2.05) is 36.4 Å². The van der Waals surface area contributed by atoms with Crippen LogP contribution in [-0.2, 0) is 10.5 Å². The van der Waals surface area contributed by atoms with E-state index in [0.29, 0.717) is 17.8 Å². The van der Waals surface area contributed by atoms with Crippen LogP contribution in [0.5, 0.6) is 0 Å². The molecule has 0 saturated carbocycles. The number of anilines is 2. The van der Waals surface area contributed by atoms with Crippen molar-refractivity contribution < 1.29 is 4.79 Å². The molecule has 0 aliphatic rings. The normalized spacial score (nSPS) is 10.3. The fourth-order valence-corrected chi connectivity index (χ4v) is 2.79. The minimum atomic E-state index is -0.0171. The number of thioether (sulfide) groups is 1. The Morgan fingerprint density at radius 2 is 1.86 bits per heavy atom. The first kappa shape index (κ1) is 15.7. The van der Waals surface area contributed by atoms with Crippen LogP contribution < -0.4 is 11.1 Å². The molecule has 0 fully saturated rings. The maximum absolute atomic E-state index is 11.8. The van der Waals surface area contributed by atoms with Gasteiger partial charge in [-0.2, -0.15) is 11.8 Å². The molecule has 0 heterocycles. The first-order valence-corrected chi connectivity index (χ1v) is 8.15. The van der Waals surface area contributed by atoms with E-state index in [0.717, 1.165) is 16.5 Å². The predicted molar refractivity (Wildman–Crippen MR) is 91.7 cm³/mol. The van der Waals surface area contributed by atoms with Gasteiger partial charge >= 0.3 is 0 Å². The highest BCUT2D eigenvalue weighted by Gasteiger charge is 2.04. The molecular weight excluding hydrogens is 304 g/mol. The standard InChI is InChI=1S/C16H17ClN2OS/c17-13-7-5-12(6-8-13)11-21-10-9-16(20)19-15-4-2-1-3-14(15)18/h1-8H,9-11,18H2,(H,19,20). The van der Waals surface area contributed by atoms with E-state index < -0.39 is 0 Å². The maximum atomic E-state index is 11.8. The molecule has 2 aromatic rings. The molecule has 0 aliphatic heterocycles. The van der Waals surface area contributed by atoms with Gasteiger partial charge in [0.1, 0.15) is 0 Å². The third-order valence-electron chi connectivity index (χ3n) is 2.89. The number of halogens is 1. The second-order valence-corrected chi connectivity index (χ2v) is 6.11. The fourth-order valence-electron chi connectivity index (χ4n) is 1.76. The largest absolute Gasteiger partial charge is 0.397 e. The fraction of sp³-hybridized carbons (Fsp3) is 0.188. The second kappa shape index (κ2) is 7.96. The summed E-state index contributed by atoms with van der Waals surface area (Å²) in [5, 5.41) is 3.56. The Balaban J connectivity index is 1.70. The van der Waals surface area contributed by atoms with Crippen molar-refractivity contribution in [3.63, 3.8) is 0 Å². The van der Waals surface area contributed by atoms with Gasteiger partial charge in [0.05, 0.1) is 11.4 Å². The zero-order chi connectivity index (χ0) is 15.1. The van der Waals surface area contributed by atoms with Crippen molar-refractivity contribution in [1.29, 1.82) is 0 Å². The molecule has 1 amide bonds. The Morgan fingerprint density at radius 3 is 2.57 bits per heavy atom. The number of carbonyl (C=O) groups is 1. The molecule has 0 unspecified atom stereocenters. The van der Waals surface area contributed by atoms with Gasteiger partial charge in [0.25, 0.3) is 0 Å². The van der Waals surface area contributed by atoms with Gasteiger partial charge in [-0.3, -0.25) is 4.79 Å². The highest BCUT2D eigenvalue weighted by molar-refractivity contribution is 7.98. The van der Waals surface area contributed by atoms with E-state index in [1.165, 1.54) is 5.56 Å².